The SMILES string of the molecule is CCC1CCC(N(C)c2cccc(F)c2C(C)NC)CC1. The van der Waals surface area contributed by atoms with Crippen molar-refractivity contribution < 1.29 is 4.39 Å². The lowest BCUT2D eigenvalue weighted by molar-refractivity contribution is 0.313. The van der Waals surface area contributed by atoms with Gasteiger partial charge in [-0.05, 0) is 57.7 Å². The van der Waals surface area contributed by atoms with Crippen LogP contribution in [0.4, 0.5) is 10.1 Å². The summed E-state index contributed by atoms with van der Waals surface area (Å²) in [6, 6.07) is 6.00. The third-order valence-corrected chi connectivity index (χ3v) is 5.22. The fraction of sp³-hybridized carbons (Fsp3) is 0.667. The highest BCUT2D eigenvalue weighted by atomic mass is 19.1. The Bertz CT molecular complexity index is 453. The number of nitrogens with zero attached hydrogens (tertiary/aromatic N) is 1. The molecule has 0 amide bonds. The Kier molecular flexibility index (Phi) is 5.63. The molecule has 0 saturated heterocycles. The number of nitrogens with one attached hydrogen (secondary N) is 1. The van der Waals surface area contributed by atoms with Gasteiger partial charge in [-0.3, -0.25) is 0 Å². The summed E-state index contributed by atoms with van der Waals surface area (Å²) in [6.45, 7) is 4.30. The number of hydrogen-bond donors (Lipinski definition) is 1. The smallest absolute Gasteiger partial charge is 0.130 e. The molecule has 1 aromatic carbocycles. The molecule has 21 heavy (non-hydrogen) atoms. The van der Waals surface area contributed by atoms with Gasteiger partial charge < -0.3 is 10.2 Å². The first-order valence-electron chi connectivity index (χ1n) is 8.27. The molecule has 0 bridgehead atoms. The van der Waals surface area contributed by atoms with E-state index in [1.54, 1.807) is 6.07 Å². The minimum Gasteiger partial charge on any atom is -0.371 e. The molecule has 1 aromatic rings. The molecule has 0 heterocycles. The van der Waals surface area contributed by atoms with Gasteiger partial charge in [0.15, 0.2) is 0 Å². The van der Waals surface area contributed by atoms with Gasteiger partial charge in [0.1, 0.15) is 5.82 Å². The molecule has 2 nitrogen and oxygen atoms in total. The van der Waals surface area contributed by atoms with Crippen LogP contribution in [0.2, 0.25) is 0 Å². The molecular weight excluding hydrogens is 263 g/mol. The van der Waals surface area contributed by atoms with Crippen LogP contribution < -0.4 is 10.2 Å². The van der Waals surface area contributed by atoms with E-state index in [4.69, 9.17) is 0 Å². The molecule has 1 unspecified atom stereocenters. The molecule has 1 fully saturated rings. The van der Waals surface area contributed by atoms with E-state index in [1.807, 2.05) is 20.0 Å². The minimum atomic E-state index is -0.108. The van der Waals surface area contributed by atoms with Crippen LogP contribution in [0.1, 0.15) is 57.6 Å². The Labute approximate surface area is 128 Å². The molecule has 3 heteroatoms. The van der Waals surface area contributed by atoms with Gasteiger partial charge in [-0.2, -0.15) is 0 Å². The lowest BCUT2D eigenvalue weighted by Crippen LogP contribution is -2.36. The minimum absolute atomic E-state index is 0.0237. The Morgan fingerprint density at radius 3 is 2.52 bits per heavy atom. The van der Waals surface area contributed by atoms with E-state index in [2.05, 4.69) is 30.3 Å². The first-order valence-corrected chi connectivity index (χ1v) is 8.27. The van der Waals surface area contributed by atoms with Gasteiger partial charge in [-0.25, -0.2) is 4.39 Å². The predicted molar refractivity (Wildman–Crippen MR) is 88.3 cm³/mol. The second-order valence-electron chi connectivity index (χ2n) is 6.38. The third-order valence-electron chi connectivity index (χ3n) is 5.22. The van der Waals surface area contributed by atoms with Gasteiger partial charge in [0.25, 0.3) is 0 Å². The van der Waals surface area contributed by atoms with Gasteiger partial charge in [-0.1, -0.05) is 19.4 Å². The number of benzene rings is 1. The zero-order valence-corrected chi connectivity index (χ0v) is 13.8. The second-order valence-corrected chi connectivity index (χ2v) is 6.38. The average Bonchev–Trinajstić information content (AvgIpc) is 2.53. The molecule has 1 atom stereocenters. The fourth-order valence-corrected chi connectivity index (χ4v) is 3.54. The van der Waals surface area contributed by atoms with Crippen molar-refractivity contribution in [2.75, 3.05) is 19.0 Å². The molecule has 1 N–H and O–H groups in total. The zero-order valence-electron chi connectivity index (χ0n) is 13.8. The third kappa shape index (κ3) is 3.57. The maximum absolute atomic E-state index is 14.3. The lowest BCUT2D eigenvalue weighted by atomic mass is 9.83. The van der Waals surface area contributed by atoms with Gasteiger partial charge in [0, 0.05) is 30.4 Å². The molecule has 1 saturated carbocycles. The summed E-state index contributed by atoms with van der Waals surface area (Å²) < 4.78 is 14.3. The summed E-state index contributed by atoms with van der Waals surface area (Å²) >= 11 is 0. The van der Waals surface area contributed by atoms with Crippen LogP contribution >= 0.6 is 0 Å². The summed E-state index contributed by atoms with van der Waals surface area (Å²) in [5.41, 5.74) is 1.83. The van der Waals surface area contributed by atoms with Crippen LogP contribution in [0, 0.1) is 11.7 Å². The van der Waals surface area contributed by atoms with Crippen molar-refractivity contribution in [1.29, 1.82) is 0 Å². The largest absolute Gasteiger partial charge is 0.371 e. The Balaban J connectivity index is 2.19. The average molecular weight is 292 g/mol. The van der Waals surface area contributed by atoms with E-state index in [-0.39, 0.29) is 11.9 Å². The van der Waals surface area contributed by atoms with E-state index in [0.29, 0.717) is 6.04 Å². The van der Waals surface area contributed by atoms with Crippen molar-refractivity contribution in [1.82, 2.24) is 5.32 Å². The van der Waals surface area contributed by atoms with Gasteiger partial charge in [-0.15, -0.1) is 0 Å². The molecule has 0 radical (unpaired) electrons. The number of anilines is 1. The standard InChI is InChI=1S/C18H29FN2/c1-5-14-9-11-15(12-10-14)21(4)17-8-6-7-16(19)18(17)13(2)20-3/h6-8,13-15,20H,5,9-12H2,1-4H3. The summed E-state index contributed by atoms with van der Waals surface area (Å²) in [5.74, 6) is 0.779. The summed E-state index contributed by atoms with van der Waals surface area (Å²) in [4.78, 5) is 2.30. The molecule has 0 aliphatic heterocycles. The molecular formula is C18H29FN2. The van der Waals surface area contributed by atoms with Crippen LogP contribution in [0.15, 0.2) is 18.2 Å². The summed E-state index contributed by atoms with van der Waals surface area (Å²) in [5, 5.41) is 3.17. The monoisotopic (exact) mass is 292 g/mol. The summed E-state index contributed by atoms with van der Waals surface area (Å²) in [7, 11) is 4.00. The molecule has 118 valence electrons. The molecule has 1 aliphatic carbocycles. The van der Waals surface area contributed by atoms with Crippen LogP contribution in [0.3, 0.4) is 0 Å². The van der Waals surface area contributed by atoms with Crippen molar-refractivity contribution in [2.45, 2.75) is 58.0 Å². The topological polar surface area (TPSA) is 15.3 Å². The predicted octanol–water partition coefficient (Wildman–Crippen LogP) is 4.51. The zero-order chi connectivity index (χ0) is 15.4. The Morgan fingerprint density at radius 2 is 1.95 bits per heavy atom. The highest BCUT2D eigenvalue weighted by Crippen LogP contribution is 2.34. The van der Waals surface area contributed by atoms with Crippen molar-refractivity contribution in [2.24, 2.45) is 5.92 Å². The van der Waals surface area contributed by atoms with E-state index in [1.165, 1.54) is 32.1 Å². The molecule has 0 spiro atoms. The van der Waals surface area contributed by atoms with E-state index >= 15 is 0 Å². The van der Waals surface area contributed by atoms with Crippen LogP contribution in [0.5, 0.6) is 0 Å². The van der Waals surface area contributed by atoms with E-state index in [9.17, 15) is 4.39 Å². The van der Waals surface area contributed by atoms with Crippen LogP contribution in [-0.2, 0) is 0 Å². The quantitative estimate of drug-likeness (QED) is 0.859. The van der Waals surface area contributed by atoms with Gasteiger partial charge in [0.05, 0.1) is 0 Å². The molecule has 1 aliphatic rings. The first-order chi connectivity index (χ1) is 10.1. The van der Waals surface area contributed by atoms with Crippen LogP contribution in [-0.4, -0.2) is 20.1 Å². The fourth-order valence-electron chi connectivity index (χ4n) is 3.54. The van der Waals surface area contributed by atoms with E-state index in [0.717, 1.165) is 17.2 Å². The molecule has 2 rings (SSSR count). The normalized spacial score (nSPS) is 23.9. The van der Waals surface area contributed by atoms with Crippen molar-refractivity contribution >= 4 is 5.69 Å². The summed E-state index contributed by atoms with van der Waals surface area (Å²) in [6.07, 6.45) is 6.34. The van der Waals surface area contributed by atoms with Crippen molar-refractivity contribution in [3.05, 3.63) is 29.6 Å². The highest BCUT2D eigenvalue weighted by molar-refractivity contribution is 5.55. The van der Waals surface area contributed by atoms with E-state index < -0.39 is 0 Å². The van der Waals surface area contributed by atoms with Crippen molar-refractivity contribution in [3.63, 3.8) is 0 Å². The Morgan fingerprint density at radius 1 is 1.29 bits per heavy atom. The van der Waals surface area contributed by atoms with Gasteiger partial charge in [0.2, 0.25) is 0 Å². The molecule has 0 aromatic heterocycles. The number of halogens is 1. The first kappa shape index (κ1) is 16.3. The lowest BCUT2D eigenvalue weighted by Gasteiger charge is -2.37. The van der Waals surface area contributed by atoms with Crippen molar-refractivity contribution in [3.8, 4) is 0 Å². The number of rotatable bonds is 5. The number of hydrogen-bond acceptors (Lipinski definition) is 2. The highest BCUT2D eigenvalue weighted by Gasteiger charge is 2.26. The Hall–Kier alpha value is -1.09. The maximum atomic E-state index is 14.3. The maximum Gasteiger partial charge on any atom is 0.130 e. The second kappa shape index (κ2) is 7.26. The van der Waals surface area contributed by atoms with Crippen LogP contribution in [0.25, 0.3) is 0 Å². The van der Waals surface area contributed by atoms with Gasteiger partial charge >= 0.3 is 0 Å².